The Kier molecular flexibility index (Phi) is 4.73. The Labute approximate surface area is 119 Å². The molecule has 10 heteroatoms. The van der Waals surface area contributed by atoms with E-state index in [-0.39, 0.29) is 3.70 Å². The first-order valence-corrected chi connectivity index (χ1v) is 6.33. The molecule has 0 amide bonds. The molecule has 0 aliphatic rings. The van der Waals surface area contributed by atoms with E-state index < -0.39 is 34.9 Å². The summed E-state index contributed by atoms with van der Waals surface area (Å²) in [5.74, 6) is -0.911. The zero-order chi connectivity index (χ0) is 14.1. The summed E-state index contributed by atoms with van der Waals surface area (Å²) in [5.41, 5.74) is -2.09. The van der Waals surface area contributed by atoms with Crippen LogP contribution in [0.5, 0.6) is 5.75 Å². The molecule has 0 saturated carbocycles. The summed E-state index contributed by atoms with van der Waals surface area (Å²) < 4.78 is 77.4. The molecule has 1 rings (SSSR count). The third kappa shape index (κ3) is 4.14. The fourth-order valence-corrected chi connectivity index (χ4v) is 2.16. The van der Waals surface area contributed by atoms with Crippen molar-refractivity contribution in [2.75, 3.05) is 0 Å². The zero-order valence-electron chi connectivity index (χ0n) is 8.16. The van der Waals surface area contributed by atoms with E-state index in [1.54, 1.807) is 0 Å². The van der Waals surface area contributed by atoms with Crippen molar-refractivity contribution in [1.82, 2.24) is 4.98 Å². The smallest absolute Gasteiger partial charge is 0.405 e. The highest BCUT2D eigenvalue weighted by Crippen LogP contribution is 2.38. The molecule has 0 fully saturated rings. The number of halogens is 8. The lowest BCUT2D eigenvalue weighted by molar-refractivity contribution is -0.275. The maximum atomic E-state index is 12.6. The van der Waals surface area contributed by atoms with Gasteiger partial charge in [0.05, 0.1) is 0 Å². The summed E-state index contributed by atoms with van der Waals surface area (Å²) in [6.45, 7) is 0. The molecule has 0 bridgehead atoms. The predicted octanol–water partition coefficient (Wildman–Crippen LogP) is 4.50. The minimum atomic E-state index is -5.07. The summed E-state index contributed by atoms with van der Waals surface area (Å²) in [7, 11) is 0. The Morgan fingerprint density at radius 2 is 1.78 bits per heavy atom. The molecular weight excluding hydrogens is 447 g/mol. The van der Waals surface area contributed by atoms with Crippen molar-refractivity contribution in [1.29, 1.82) is 0 Å². The lowest BCUT2D eigenvalue weighted by Gasteiger charge is -2.16. The van der Waals surface area contributed by atoms with E-state index in [4.69, 9.17) is 0 Å². The van der Waals surface area contributed by atoms with Gasteiger partial charge in [-0.15, -0.1) is 13.2 Å². The van der Waals surface area contributed by atoms with E-state index in [2.05, 4.69) is 25.7 Å². The highest BCUT2D eigenvalue weighted by atomic mass is 127. The van der Waals surface area contributed by atoms with E-state index in [0.717, 1.165) is 6.07 Å². The van der Waals surface area contributed by atoms with Crippen LogP contribution in [0.25, 0.3) is 0 Å². The average Bonchev–Trinajstić information content (AvgIpc) is 2.12. The van der Waals surface area contributed by atoms with E-state index >= 15 is 0 Å². The number of hydrogen-bond donors (Lipinski definition) is 0. The van der Waals surface area contributed by atoms with Crippen LogP contribution in [0.1, 0.15) is 11.3 Å². The normalized spacial score (nSPS) is 12.7. The molecule has 1 aromatic rings. The van der Waals surface area contributed by atoms with E-state index in [9.17, 15) is 26.3 Å². The third-order valence-electron chi connectivity index (χ3n) is 1.68. The molecule has 18 heavy (non-hydrogen) atoms. The molecule has 102 valence electrons. The highest BCUT2D eigenvalue weighted by Gasteiger charge is 2.39. The standard InChI is InChI=1S/C8H3BrF6INO/c9-2-3-4(18-8(13,14)15)1-5(16)17-6(3)7(10,11)12/h1H,2H2. The average molecular weight is 450 g/mol. The Morgan fingerprint density at radius 1 is 1.22 bits per heavy atom. The Morgan fingerprint density at radius 3 is 2.17 bits per heavy atom. The first-order chi connectivity index (χ1) is 8.04. The molecule has 0 atom stereocenters. The number of hydrogen-bond acceptors (Lipinski definition) is 2. The molecule has 1 heterocycles. The predicted molar refractivity (Wildman–Crippen MR) is 61.3 cm³/mol. The second-order valence-corrected chi connectivity index (χ2v) is 4.62. The monoisotopic (exact) mass is 449 g/mol. The third-order valence-corrected chi connectivity index (χ3v) is 2.79. The number of aromatic nitrogens is 1. The second kappa shape index (κ2) is 5.39. The van der Waals surface area contributed by atoms with Gasteiger partial charge in [-0.05, 0) is 22.6 Å². The maximum Gasteiger partial charge on any atom is 0.573 e. The van der Waals surface area contributed by atoms with Gasteiger partial charge in [0.2, 0.25) is 0 Å². The van der Waals surface area contributed by atoms with Crippen LogP contribution < -0.4 is 4.74 Å². The zero-order valence-corrected chi connectivity index (χ0v) is 11.9. The van der Waals surface area contributed by atoms with Crippen molar-refractivity contribution >= 4 is 38.5 Å². The molecule has 0 unspecified atom stereocenters. The van der Waals surface area contributed by atoms with Crippen LogP contribution >= 0.6 is 38.5 Å². The van der Waals surface area contributed by atoms with Crippen LogP contribution in [0.15, 0.2) is 6.07 Å². The van der Waals surface area contributed by atoms with Crippen LogP contribution in [0.2, 0.25) is 0 Å². The van der Waals surface area contributed by atoms with Crippen molar-refractivity contribution in [2.45, 2.75) is 17.9 Å². The van der Waals surface area contributed by atoms with Crippen LogP contribution in [-0.4, -0.2) is 11.3 Å². The highest BCUT2D eigenvalue weighted by molar-refractivity contribution is 14.1. The van der Waals surface area contributed by atoms with E-state index in [0.29, 0.717) is 0 Å². The first kappa shape index (κ1) is 15.8. The van der Waals surface area contributed by atoms with Crippen molar-refractivity contribution in [3.63, 3.8) is 0 Å². The number of nitrogens with zero attached hydrogens (tertiary/aromatic N) is 1. The summed E-state index contributed by atoms with van der Waals surface area (Å²) in [5, 5.41) is -0.461. The first-order valence-electron chi connectivity index (χ1n) is 4.13. The molecule has 0 aromatic carbocycles. The van der Waals surface area contributed by atoms with Gasteiger partial charge in [-0.2, -0.15) is 13.2 Å². The molecule has 2 nitrogen and oxygen atoms in total. The van der Waals surface area contributed by atoms with E-state index in [1.807, 2.05) is 0 Å². The largest absolute Gasteiger partial charge is 0.573 e. The molecule has 0 spiro atoms. The van der Waals surface area contributed by atoms with Gasteiger partial charge in [-0.1, -0.05) is 15.9 Å². The van der Waals surface area contributed by atoms with Crippen molar-refractivity contribution in [3.8, 4) is 5.75 Å². The molecule has 0 radical (unpaired) electrons. The van der Waals surface area contributed by atoms with Crippen molar-refractivity contribution < 1.29 is 31.1 Å². The van der Waals surface area contributed by atoms with Gasteiger partial charge >= 0.3 is 12.5 Å². The minimum Gasteiger partial charge on any atom is -0.405 e. The van der Waals surface area contributed by atoms with Gasteiger partial charge in [-0.3, -0.25) is 0 Å². The van der Waals surface area contributed by atoms with Crippen LogP contribution in [-0.2, 0) is 11.5 Å². The van der Waals surface area contributed by atoms with Crippen molar-refractivity contribution in [3.05, 3.63) is 21.0 Å². The molecule has 0 aliphatic heterocycles. The van der Waals surface area contributed by atoms with Gasteiger partial charge in [0, 0.05) is 17.0 Å². The lowest BCUT2D eigenvalue weighted by atomic mass is 10.2. The number of rotatable bonds is 2. The lowest BCUT2D eigenvalue weighted by Crippen LogP contribution is -2.20. The number of ether oxygens (including phenoxy) is 1. The fraction of sp³-hybridized carbons (Fsp3) is 0.375. The summed E-state index contributed by atoms with van der Waals surface area (Å²) in [6, 6.07) is 0.792. The van der Waals surface area contributed by atoms with Gasteiger partial charge < -0.3 is 4.74 Å². The second-order valence-electron chi connectivity index (χ2n) is 2.95. The molecule has 0 saturated heterocycles. The quantitative estimate of drug-likeness (QED) is 0.287. The van der Waals surface area contributed by atoms with Crippen molar-refractivity contribution in [2.24, 2.45) is 0 Å². The molecular formula is C8H3BrF6INO. The maximum absolute atomic E-state index is 12.6. The van der Waals surface area contributed by atoms with Gasteiger partial charge in [0.15, 0.2) is 5.69 Å². The summed E-state index contributed by atoms with van der Waals surface area (Å²) in [4.78, 5) is 3.19. The van der Waals surface area contributed by atoms with Gasteiger partial charge in [0.1, 0.15) is 9.45 Å². The van der Waals surface area contributed by atoms with E-state index in [1.165, 1.54) is 22.6 Å². The number of alkyl halides is 7. The Hall–Kier alpha value is -0.260. The Balaban J connectivity index is 3.39. The molecule has 0 N–H and O–H groups in total. The fourth-order valence-electron chi connectivity index (χ4n) is 1.10. The number of pyridine rings is 1. The minimum absolute atomic E-state index is 0.246. The molecule has 0 aliphatic carbocycles. The topological polar surface area (TPSA) is 22.1 Å². The molecule has 1 aromatic heterocycles. The van der Waals surface area contributed by atoms with Crippen LogP contribution in [0, 0.1) is 3.70 Å². The summed E-state index contributed by atoms with van der Waals surface area (Å²) in [6.07, 6.45) is -9.92. The Bertz CT molecular complexity index is 446. The van der Waals surface area contributed by atoms with Gasteiger partial charge in [-0.25, -0.2) is 4.98 Å². The SMILES string of the molecule is FC(F)(F)Oc1cc(I)nc(C(F)(F)F)c1CBr. The summed E-state index contributed by atoms with van der Waals surface area (Å²) >= 11 is 4.08. The van der Waals surface area contributed by atoms with Crippen LogP contribution in [0.4, 0.5) is 26.3 Å². The van der Waals surface area contributed by atoms with Crippen LogP contribution in [0.3, 0.4) is 0 Å². The van der Waals surface area contributed by atoms with Gasteiger partial charge in [0.25, 0.3) is 0 Å².